The van der Waals surface area contributed by atoms with Gasteiger partial charge in [0.1, 0.15) is 10.5 Å². The zero-order valence-electron chi connectivity index (χ0n) is 17.2. The molecule has 3 rings (SSSR count). The number of para-hydroxylation sites is 1. The molecule has 0 unspecified atom stereocenters. The summed E-state index contributed by atoms with van der Waals surface area (Å²) < 4.78 is 37.2. The monoisotopic (exact) mass is 434 g/mol. The number of benzene rings is 1. The molecule has 1 N–H and O–H groups in total. The van der Waals surface area contributed by atoms with Gasteiger partial charge in [0.25, 0.3) is 10.0 Å². The van der Waals surface area contributed by atoms with Gasteiger partial charge in [-0.25, -0.2) is 23.0 Å². The van der Waals surface area contributed by atoms with Crippen molar-refractivity contribution in [2.45, 2.75) is 31.3 Å². The van der Waals surface area contributed by atoms with Gasteiger partial charge in [0.05, 0.1) is 12.8 Å². The van der Waals surface area contributed by atoms with E-state index < -0.39 is 27.7 Å². The van der Waals surface area contributed by atoms with E-state index in [1.165, 1.54) is 38.4 Å². The molecular weight excluding hydrogens is 412 g/mol. The Morgan fingerprint density at radius 2 is 1.83 bits per heavy atom. The molecule has 2 heterocycles. The lowest BCUT2D eigenvalue weighted by atomic mass is 10.2. The lowest BCUT2D eigenvalue weighted by molar-refractivity contribution is 0.0587. The molecule has 1 aromatic heterocycles. The molecule has 30 heavy (non-hydrogen) atoms. The number of aromatic nitrogens is 1. The summed E-state index contributed by atoms with van der Waals surface area (Å²) in [6.45, 7) is 5.13. The van der Waals surface area contributed by atoms with Crippen LogP contribution in [0.5, 0.6) is 5.75 Å². The average Bonchev–Trinajstić information content (AvgIpc) is 2.65. The molecule has 0 bridgehead atoms. The first kappa shape index (κ1) is 21.4. The third-order valence-electron chi connectivity index (χ3n) is 4.07. The molecule has 0 saturated carbocycles. The molecule has 160 valence electrons. The Morgan fingerprint density at radius 3 is 2.47 bits per heavy atom. The normalized spacial score (nSPS) is 15.1. The summed E-state index contributed by atoms with van der Waals surface area (Å²) in [5.74, 6) is -0.0124. The van der Waals surface area contributed by atoms with Gasteiger partial charge >= 0.3 is 12.1 Å². The van der Waals surface area contributed by atoms with Gasteiger partial charge in [-0.2, -0.15) is 4.31 Å². The number of fused-ring (bicyclic) bond motifs is 1. The van der Waals surface area contributed by atoms with Crippen LogP contribution >= 0.6 is 0 Å². The SMILES string of the molecule is COc1ccc(N2C(=O)Nc3ccccc3S2(=O)=O)nc1N(C)C(=O)OC(C)(C)C. The molecule has 0 fully saturated rings. The van der Waals surface area contributed by atoms with Crippen LogP contribution in [0.4, 0.5) is 26.9 Å². The van der Waals surface area contributed by atoms with Gasteiger partial charge in [0, 0.05) is 7.05 Å². The van der Waals surface area contributed by atoms with E-state index in [0.29, 0.717) is 4.31 Å². The van der Waals surface area contributed by atoms with Crippen molar-refractivity contribution >= 4 is 39.5 Å². The summed E-state index contributed by atoms with van der Waals surface area (Å²) in [6, 6.07) is 7.88. The molecule has 10 nitrogen and oxygen atoms in total. The summed E-state index contributed by atoms with van der Waals surface area (Å²) >= 11 is 0. The second kappa shape index (κ2) is 7.48. The van der Waals surface area contributed by atoms with Crippen molar-refractivity contribution in [1.29, 1.82) is 0 Å². The van der Waals surface area contributed by atoms with Gasteiger partial charge < -0.3 is 14.8 Å². The molecule has 2 aromatic rings. The molecule has 0 atom stereocenters. The van der Waals surface area contributed by atoms with Crippen LogP contribution in [0.15, 0.2) is 41.3 Å². The second-order valence-electron chi connectivity index (χ2n) is 7.43. The van der Waals surface area contributed by atoms with Crippen molar-refractivity contribution in [3.8, 4) is 5.75 Å². The second-order valence-corrected chi connectivity index (χ2v) is 9.19. The smallest absolute Gasteiger partial charge is 0.415 e. The highest BCUT2D eigenvalue weighted by Gasteiger charge is 2.39. The van der Waals surface area contributed by atoms with Crippen LogP contribution in [0.3, 0.4) is 0 Å². The van der Waals surface area contributed by atoms with Gasteiger partial charge in [-0.15, -0.1) is 0 Å². The number of pyridine rings is 1. The zero-order chi connectivity index (χ0) is 22.3. The number of hydrogen-bond acceptors (Lipinski definition) is 7. The van der Waals surface area contributed by atoms with Gasteiger partial charge in [-0.1, -0.05) is 12.1 Å². The van der Waals surface area contributed by atoms with Crippen molar-refractivity contribution in [3.05, 3.63) is 36.4 Å². The minimum absolute atomic E-state index is 0.00823. The maximum Gasteiger partial charge on any atom is 0.415 e. The standard InChI is InChI=1S/C19H22N4O6S/c1-19(2,3)29-18(25)22(4)16-13(28-5)10-11-15(21-16)23-17(24)20-12-8-6-7-9-14(12)30(23,26)27/h6-11H,1-5H3,(H,20,24). The highest BCUT2D eigenvalue weighted by atomic mass is 32.2. The van der Waals surface area contributed by atoms with Crippen molar-refractivity contribution in [2.24, 2.45) is 0 Å². The van der Waals surface area contributed by atoms with Crippen molar-refractivity contribution < 1.29 is 27.5 Å². The number of rotatable bonds is 3. The molecule has 0 radical (unpaired) electrons. The fourth-order valence-corrected chi connectivity index (χ4v) is 4.21. The van der Waals surface area contributed by atoms with E-state index in [1.807, 2.05) is 0 Å². The van der Waals surface area contributed by atoms with E-state index in [0.717, 1.165) is 4.90 Å². The average molecular weight is 434 g/mol. The molecule has 3 amide bonds. The lowest BCUT2D eigenvalue weighted by Gasteiger charge is -2.29. The Hall–Kier alpha value is -3.34. The van der Waals surface area contributed by atoms with Crippen molar-refractivity contribution in [1.82, 2.24) is 4.98 Å². The topological polar surface area (TPSA) is 118 Å². The minimum Gasteiger partial charge on any atom is -0.493 e. The number of carbonyl (C=O) groups is 2. The summed E-state index contributed by atoms with van der Waals surface area (Å²) in [6.07, 6.45) is -0.721. The third kappa shape index (κ3) is 3.88. The summed E-state index contributed by atoms with van der Waals surface area (Å²) in [4.78, 5) is 30.3. The van der Waals surface area contributed by atoms with E-state index in [9.17, 15) is 18.0 Å². The Kier molecular flexibility index (Phi) is 5.33. The molecule has 0 spiro atoms. The quantitative estimate of drug-likeness (QED) is 0.788. The number of ether oxygens (including phenoxy) is 2. The Balaban J connectivity index is 2.07. The van der Waals surface area contributed by atoms with E-state index in [1.54, 1.807) is 32.9 Å². The van der Waals surface area contributed by atoms with Crippen LogP contribution in [-0.4, -0.2) is 45.3 Å². The number of anilines is 3. The van der Waals surface area contributed by atoms with Crippen LogP contribution in [0.2, 0.25) is 0 Å². The predicted octanol–water partition coefficient (Wildman–Crippen LogP) is 3.20. The van der Waals surface area contributed by atoms with Crippen LogP contribution < -0.4 is 19.3 Å². The Morgan fingerprint density at radius 1 is 1.17 bits per heavy atom. The summed E-state index contributed by atoms with van der Waals surface area (Å²) in [7, 11) is -1.43. The number of sulfonamides is 1. The van der Waals surface area contributed by atoms with Crippen molar-refractivity contribution in [2.75, 3.05) is 28.7 Å². The van der Waals surface area contributed by atoms with Crippen LogP contribution in [0.1, 0.15) is 20.8 Å². The highest BCUT2D eigenvalue weighted by Crippen LogP contribution is 2.35. The maximum absolute atomic E-state index is 13.1. The number of amides is 3. The van der Waals surface area contributed by atoms with Gasteiger partial charge in [-0.3, -0.25) is 4.90 Å². The predicted molar refractivity (Wildman–Crippen MR) is 111 cm³/mol. The van der Waals surface area contributed by atoms with Gasteiger partial charge in [0.15, 0.2) is 17.4 Å². The van der Waals surface area contributed by atoms with E-state index >= 15 is 0 Å². The fourth-order valence-electron chi connectivity index (χ4n) is 2.75. The van der Waals surface area contributed by atoms with Crippen molar-refractivity contribution in [3.63, 3.8) is 0 Å². The van der Waals surface area contributed by atoms with E-state index in [-0.39, 0.29) is 28.0 Å². The number of methoxy groups -OCH3 is 1. The molecule has 0 saturated heterocycles. The van der Waals surface area contributed by atoms with Gasteiger partial charge in [0.2, 0.25) is 0 Å². The van der Waals surface area contributed by atoms with Crippen LogP contribution in [0, 0.1) is 0 Å². The minimum atomic E-state index is -4.21. The number of urea groups is 1. The Bertz CT molecular complexity index is 1110. The van der Waals surface area contributed by atoms with E-state index in [4.69, 9.17) is 9.47 Å². The first-order chi connectivity index (χ1) is 14.0. The lowest BCUT2D eigenvalue weighted by Crippen LogP contribution is -2.44. The van der Waals surface area contributed by atoms with Crippen LogP contribution in [-0.2, 0) is 14.8 Å². The first-order valence-corrected chi connectivity index (χ1v) is 10.4. The molecule has 1 aliphatic heterocycles. The molecular formula is C19H22N4O6S. The van der Waals surface area contributed by atoms with Crippen LogP contribution in [0.25, 0.3) is 0 Å². The van der Waals surface area contributed by atoms with E-state index in [2.05, 4.69) is 10.3 Å². The highest BCUT2D eigenvalue weighted by molar-refractivity contribution is 7.94. The van der Waals surface area contributed by atoms with Gasteiger partial charge in [-0.05, 0) is 45.0 Å². The molecule has 1 aromatic carbocycles. The first-order valence-electron chi connectivity index (χ1n) is 8.93. The molecule has 1 aliphatic rings. The number of hydrogen-bond donors (Lipinski definition) is 1. The largest absolute Gasteiger partial charge is 0.493 e. The molecule has 11 heteroatoms. The number of carbonyl (C=O) groups excluding carboxylic acids is 2. The summed E-state index contributed by atoms with van der Waals surface area (Å²) in [5.41, 5.74) is -0.575. The third-order valence-corrected chi connectivity index (χ3v) is 5.81. The number of nitrogens with zero attached hydrogens (tertiary/aromatic N) is 3. The summed E-state index contributed by atoms with van der Waals surface area (Å²) in [5, 5.41) is 2.53. The maximum atomic E-state index is 13.1. The Labute approximate surface area is 174 Å². The zero-order valence-corrected chi connectivity index (χ0v) is 18.0. The number of nitrogens with one attached hydrogen (secondary N) is 1. The fraction of sp³-hybridized carbons (Fsp3) is 0.316. The molecule has 0 aliphatic carbocycles.